The van der Waals surface area contributed by atoms with Crippen molar-refractivity contribution in [3.8, 4) is 0 Å². The van der Waals surface area contributed by atoms with Crippen LogP contribution in [0.15, 0.2) is 18.5 Å². The standard InChI is InChI=1S/C14H22N4/c1-4-12(5-1)10-17-13-6-2-9-18(11-13)14-15-7-3-8-16-14/h3,7-8,12-13,17H,1-2,4-6,9-11H2. The van der Waals surface area contributed by atoms with E-state index in [9.17, 15) is 0 Å². The van der Waals surface area contributed by atoms with Gasteiger partial charge in [0, 0.05) is 31.5 Å². The molecule has 0 bridgehead atoms. The molecule has 1 saturated heterocycles. The third-order valence-corrected chi connectivity index (χ3v) is 4.18. The second-order valence-electron chi connectivity index (χ2n) is 5.54. The molecule has 1 N–H and O–H groups in total. The van der Waals surface area contributed by atoms with E-state index in [1.807, 2.05) is 18.5 Å². The summed E-state index contributed by atoms with van der Waals surface area (Å²) in [6, 6.07) is 2.49. The third kappa shape index (κ3) is 2.80. The molecule has 4 nitrogen and oxygen atoms in total. The minimum atomic E-state index is 0.614. The summed E-state index contributed by atoms with van der Waals surface area (Å²) in [4.78, 5) is 11.0. The molecule has 1 saturated carbocycles. The zero-order chi connectivity index (χ0) is 12.2. The fraction of sp³-hybridized carbons (Fsp3) is 0.714. The van der Waals surface area contributed by atoms with Gasteiger partial charge in [-0.25, -0.2) is 9.97 Å². The van der Waals surface area contributed by atoms with Gasteiger partial charge in [-0.05, 0) is 44.2 Å². The number of hydrogen-bond donors (Lipinski definition) is 1. The van der Waals surface area contributed by atoms with Crippen molar-refractivity contribution in [2.24, 2.45) is 5.92 Å². The van der Waals surface area contributed by atoms with Gasteiger partial charge in [0.05, 0.1) is 0 Å². The van der Waals surface area contributed by atoms with E-state index in [2.05, 4.69) is 20.2 Å². The lowest BCUT2D eigenvalue weighted by Crippen LogP contribution is -2.48. The third-order valence-electron chi connectivity index (χ3n) is 4.18. The topological polar surface area (TPSA) is 41.1 Å². The SMILES string of the molecule is c1cnc(N2CCCC(NCC3CCC3)C2)nc1. The van der Waals surface area contributed by atoms with E-state index >= 15 is 0 Å². The van der Waals surface area contributed by atoms with Crippen molar-refractivity contribution in [1.82, 2.24) is 15.3 Å². The van der Waals surface area contributed by atoms with Crippen molar-refractivity contribution in [1.29, 1.82) is 0 Å². The predicted molar refractivity (Wildman–Crippen MR) is 72.6 cm³/mol. The number of hydrogen-bond acceptors (Lipinski definition) is 4. The first-order valence-corrected chi connectivity index (χ1v) is 7.17. The highest BCUT2D eigenvalue weighted by Gasteiger charge is 2.23. The van der Waals surface area contributed by atoms with Crippen molar-refractivity contribution in [3.63, 3.8) is 0 Å². The Morgan fingerprint density at radius 3 is 2.72 bits per heavy atom. The van der Waals surface area contributed by atoms with Gasteiger partial charge in [0.25, 0.3) is 0 Å². The Bertz CT molecular complexity index is 363. The van der Waals surface area contributed by atoms with Gasteiger partial charge in [-0.3, -0.25) is 0 Å². The summed E-state index contributed by atoms with van der Waals surface area (Å²) in [6.07, 6.45) is 10.5. The van der Waals surface area contributed by atoms with Gasteiger partial charge in [0.15, 0.2) is 0 Å². The van der Waals surface area contributed by atoms with Crippen molar-refractivity contribution in [2.75, 3.05) is 24.5 Å². The first-order valence-electron chi connectivity index (χ1n) is 7.17. The average Bonchev–Trinajstić information content (AvgIpc) is 2.38. The van der Waals surface area contributed by atoms with E-state index in [4.69, 9.17) is 0 Å². The molecule has 0 amide bonds. The summed E-state index contributed by atoms with van der Waals surface area (Å²) < 4.78 is 0. The Morgan fingerprint density at radius 2 is 2.00 bits per heavy atom. The molecule has 1 atom stereocenters. The van der Waals surface area contributed by atoms with Gasteiger partial charge in [0.2, 0.25) is 5.95 Å². The van der Waals surface area contributed by atoms with E-state index < -0.39 is 0 Å². The summed E-state index contributed by atoms with van der Waals surface area (Å²) >= 11 is 0. The Balaban J connectivity index is 1.51. The number of anilines is 1. The van der Waals surface area contributed by atoms with Crippen molar-refractivity contribution < 1.29 is 0 Å². The minimum Gasteiger partial charge on any atom is -0.339 e. The molecule has 1 aliphatic heterocycles. The zero-order valence-corrected chi connectivity index (χ0v) is 10.9. The van der Waals surface area contributed by atoms with Crippen LogP contribution >= 0.6 is 0 Å². The van der Waals surface area contributed by atoms with Crippen LogP contribution in [0.5, 0.6) is 0 Å². The molecule has 98 valence electrons. The minimum absolute atomic E-state index is 0.614. The van der Waals surface area contributed by atoms with E-state index in [-0.39, 0.29) is 0 Å². The maximum absolute atomic E-state index is 4.35. The highest BCUT2D eigenvalue weighted by molar-refractivity contribution is 5.29. The van der Waals surface area contributed by atoms with Crippen LogP contribution in [0, 0.1) is 5.92 Å². The molecule has 4 heteroatoms. The second kappa shape index (κ2) is 5.65. The monoisotopic (exact) mass is 246 g/mol. The molecule has 1 aliphatic carbocycles. The lowest BCUT2D eigenvalue weighted by molar-refractivity contribution is 0.280. The summed E-state index contributed by atoms with van der Waals surface area (Å²) in [5, 5.41) is 3.73. The summed E-state index contributed by atoms with van der Waals surface area (Å²) in [7, 11) is 0. The Morgan fingerprint density at radius 1 is 1.17 bits per heavy atom. The maximum Gasteiger partial charge on any atom is 0.225 e. The summed E-state index contributed by atoms with van der Waals surface area (Å²) in [5.74, 6) is 1.82. The van der Waals surface area contributed by atoms with Gasteiger partial charge in [-0.2, -0.15) is 0 Å². The van der Waals surface area contributed by atoms with Crippen LogP contribution in [0.4, 0.5) is 5.95 Å². The number of piperidine rings is 1. The van der Waals surface area contributed by atoms with Crippen LogP contribution in [0.3, 0.4) is 0 Å². The van der Waals surface area contributed by atoms with Crippen LogP contribution in [0.1, 0.15) is 32.1 Å². The van der Waals surface area contributed by atoms with Crippen molar-refractivity contribution >= 4 is 5.95 Å². The molecule has 1 aromatic heterocycles. The van der Waals surface area contributed by atoms with Gasteiger partial charge >= 0.3 is 0 Å². The maximum atomic E-state index is 4.35. The molecule has 2 fully saturated rings. The molecule has 2 aliphatic rings. The zero-order valence-electron chi connectivity index (χ0n) is 10.9. The van der Waals surface area contributed by atoms with Crippen molar-refractivity contribution in [3.05, 3.63) is 18.5 Å². The van der Waals surface area contributed by atoms with Gasteiger partial charge in [-0.15, -0.1) is 0 Å². The fourth-order valence-electron chi connectivity index (χ4n) is 2.81. The summed E-state index contributed by atoms with van der Waals surface area (Å²) in [6.45, 7) is 3.34. The molecule has 3 rings (SSSR count). The molecule has 1 unspecified atom stereocenters. The van der Waals surface area contributed by atoms with E-state index in [0.717, 1.165) is 25.0 Å². The molecule has 0 radical (unpaired) electrons. The molecule has 0 aromatic carbocycles. The Hall–Kier alpha value is -1.16. The molecule has 2 heterocycles. The predicted octanol–water partition coefficient (Wildman–Crippen LogP) is 1.84. The van der Waals surface area contributed by atoms with E-state index in [1.54, 1.807) is 0 Å². The summed E-state index contributed by atoms with van der Waals surface area (Å²) in [5.41, 5.74) is 0. The van der Waals surface area contributed by atoms with E-state index in [0.29, 0.717) is 6.04 Å². The first-order chi connectivity index (χ1) is 8.92. The van der Waals surface area contributed by atoms with Gasteiger partial charge < -0.3 is 10.2 Å². The number of rotatable bonds is 4. The highest BCUT2D eigenvalue weighted by Crippen LogP contribution is 2.25. The number of nitrogens with one attached hydrogen (secondary N) is 1. The van der Waals surface area contributed by atoms with Crippen LogP contribution in [-0.4, -0.2) is 35.6 Å². The number of aromatic nitrogens is 2. The normalized spacial score (nSPS) is 24.9. The van der Waals surface area contributed by atoms with Crippen LogP contribution < -0.4 is 10.2 Å². The molecule has 1 aromatic rings. The van der Waals surface area contributed by atoms with Crippen LogP contribution in [0.25, 0.3) is 0 Å². The van der Waals surface area contributed by atoms with Gasteiger partial charge in [-0.1, -0.05) is 6.42 Å². The highest BCUT2D eigenvalue weighted by atomic mass is 15.3. The first kappa shape index (κ1) is 11.9. The van der Waals surface area contributed by atoms with Crippen molar-refractivity contribution in [2.45, 2.75) is 38.1 Å². The molecular weight excluding hydrogens is 224 g/mol. The lowest BCUT2D eigenvalue weighted by atomic mass is 9.85. The van der Waals surface area contributed by atoms with Crippen LogP contribution in [-0.2, 0) is 0 Å². The molecule has 0 spiro atoms. The second-order valence-corrected chi connectivity index (χ2v) is 5.54. The Labute approximate surface area is 109 Å². The fourth-order valence-corrected chi connectivity index (χ4v) is 2.81. The smallest absolute Gasteiger partial charge is 0.225 e. The van der Waals surface area contributed by atoms with Crippen LogP contribution in [0.2, 0.25) is 0 Å². The largest absolute Gasteiger partial charge is 0.339 e. The molecule has 18 heavy (non-hydrogen) atoms. The average molecular weight is 246 g/mol. The lowest BCUT2D eigenvalue weighted by Gasteiger charge is -2.35. The number of nitrogens with zero attached hydrogens (tertiary/aromatic N) is 3. The van der Waals surface area contributed by atoms with Gasteiger partial charge in [0.1, 0.15) is 0 Å². The quantitative estimate of drug-likeness (QED) is 0.880. The van der Waals surface area contributed by atoms with E-state index in [1.165, 1.54) is 38.6 Å². The molecular formula is C14H22N4. The Kier molecular flexibility index (Phi) is 3.74.